The van der Waals surface area contributed by atoms with Gasteiger partial charge in [0.05, 0.1) is 0 Å². The molecule has 0 saturated carbocycles. The molecule has 1 unspecified atom stereocenters. The average molecular weight is 298 g/mol. The molecule has 0 aliphatic carbocycles. The van der Waals surface area contributed by atoms with Gasteiger partial charge in [0.25, 0.3) is 0 Å². The van der Waals surface area contributed by atoms with E-state index in [9.17, 15) is 0 Å². The average Bonchev–Trinajstić information content (AvgIpc) is 2.36. The van der Waals surface area contributed by atoms with Crippen LogP contribution in [0.2, 0.25) is 0 Å². The summed E-state index contributed by atoms with van der Waals surface area (Å²) in [5.41, 5.74) is 0.570. The fraction of sp³-hybridized carbons (Fsp3) is 1.00. The van der Waals surface area contributed by atoms with E-state index in [2.05, 4.69) is 46.4 Å². The van der Waals surface area contributed by atoms with E-state index >= 15 is 0 Å². The molecule has 0 radical (unpaired) electrons. The van der Waals surface area contributed by atoms with Gasteiger partial charge in [0.15, 0.2) is 0 Å². The highest BCUT2D eigenvalue weighted by Gasteiger charge is 2.44. The Balaban J connectivity index is 2.90. The number of hydrazine groups is 1. The number of nitrogens with two attached hydrogens (primary N) is 1. The molecule has 21 heavy (non-hydrogen) atoms. The van der Waals surface area contributed by atoms with Crippen LogP contribution in [0.5, 0.6) is 0 Å². The maximum absolute atomic E-state index is 6.17. The molecule has 0 aromatic heterocycles. The van der Waals surface area contributed by atoms with Crippen LogP contribution in [0.15, 0.2) is 0 Å². The molecule has 0 bridgehead atoms. The zero-order valence-electron chi connectivity index (χ0n) is 15.4. The van der Waals surface area contributed by atoms with Crippen molar-refractivity contribution in [3.8, 4) is 0 Å². The number of nitrogens with zero attached hydrogens (tertiary/aromatic N) is 2. The fourth-order valence-corrected chi connectivity index (χ4v) is 4.33. The van der Waals surface area contributed by atoms with E-state index in [1.165, 1.54) is 44.9 Å². The van der Waals surface area contributed by atoms with Crippen LogP contribution in [0, 0.1) is 0 Å². The Morgan fingerprint density at radius 3 is 2.10 bits per heavy atom. The minimum absolute atomic E-state index is 0.285. The van der Waals surface area contributed by atoms with Crippen LogP contribution in [-0.4, -0.2) is 40.1 Å². The van der Waals surface area contributed by atoms with Crippen LogP contribution >= 0.6 is 0 Å². The number of likely N-dealkylation sites (N-methyl/N-ethyl adjacent to an activating group) is 1. The maximum atomic E-state index is 6.17. The van der Waals surface area contributed by atoms with E-state index in [4.69, 9.17) is 5.84 Å². The predicted octanol–water partition coefficient (Wildman–Crippen LogP) is 4.17. The molecule has 126 valence electrons. The molecule has 1 atom stereocenters. The van der Waals surface area contributed by atoms with Crippen molar-refractivity contribution in [1.82, 2.24) is 9.91 Å². The van der Waals surface area contributed by atoms with Gasteiger partial charge in [-0.2, -0.15) is 0 Å². The quantitative estimate of drug-likeness (QED) is 0.414. The zero-order valence-corrected chi connectivity index (χ0v) is 15.4. The summed E-state index contributed by atoms with van der Waals surface area (Å²) < 4.78 is 0. The summed E-state index contributed by atoms with van der Waals surface area (Å²) in [5.74, 6) is 6.17. The van der Waals surface area contributed by atoms with Crippen molar-refractivity contribution in [2.24, 2.45) is 5.84 Å². The summed E-state index contributed by atoms with van der Waals surface area (Å²) in [5, 5.41) is 2.00. The molecule has 0 amide bonds. The third kappa shape index (κ3) is 5.22. The molecular weight excluding hydrogens is 258 g/mol. The van der Waals surface area contributed by atoms with Crippen LogP contribution in [0.4, 0.5) is 0 Å². The highest BCUT2D eigenvalue weighted by molar-refractivity contribution is 5.00. The van der Waals surface area contributed by atoms with Gasteiger partial charge in [-0.3, -0.25) is 10.7 Å². The SMILES string of the molecule is CCCCCC(CN(N)CC)N1C(C)(C)CCCC1(C)C. The van der Waals surface area contributed by atoms with Gasteiger partial charge < -0.3 is 0 Å². The Hall–Kier alpha value is -0.120. The lowest BCUT2D eigenvalue weighted by molar-refractivity contribution is -0.0720. The van der Waals surface area contributed by atoms with Crippen LogP contribution in [-0.2, 0) is 0 Å². The van der Waals surface area contributed by atoms with E-state index in [1.54, 1.807) is 0 Å². The first-order chi connectivity index (χ1) is 9.74. The normalized spacial score (nSPS) is 23.4. The molecule has 1 saturated heterocycles. The second-order valence-corrected chi connectivity index (χ2v) is 8.09. The third-order valence-electron chi connectivity index (χ3n) is 5.24. The van der Waals surface area contributed by atoms with E-state index in [1.807, 2.05) is 5.01 Å². The minimum atomic E-state index is 0.285. The van der Waals surface area contributed by atoms with Crippen LogP contribution in [0.25, 0.3) is 0 Å². The molecule has 0 aromatic carbocycles. The molecule has 1 rings (SSSR count). The van der Waals surface area contributed by atoms with Crippen molar-refractivity contribution in [1.29, 1.82) is 0 Å². The predicted molar refractivity (Wildman–Crippen MR) is 93.2 cm³/mol. The largest absolute Gasteiger partial charge is 0.289 e. The third-order valence-corrected chi connectivity index (χ3v) is 5.24. The Labute approximate surface area is 133 Å². The zero-order chi connectivity index (χ0) is 16.1. The number of rotatable bonds is 8. The first-order valence-electron chi connectivity index (χ1n) is 9.03. The van der Waals surface area contributed by atoms with E-state index in [-0.39, 0.29) is 11.1 Å². The molecule has 1 heterocycles. The fourth-order valence-electron chi connectivity index (χ4n) is 4.33. The summed E-state index contributed by atoms with van der Waals surface area (Å²) in [6, 6.07) is 0.576. The van der Waals surface area contributed by atoms with Crippen molar-refractivity contribution in [2.75, 3.05) is 13.1 Å². The number of likely N-dealkylation sites (tertiary alicyclic amines) is 1. The standard InChI is InChI=1S/C18H39N3/c1-7-9-10-12-16(15-20(19)8-2)21-17(3,4)13-11-14-18(21,5)6/h16H,7-15,19H2,1-6H3. The van der Waals surface area contributed by atoms with Crippen LogP contribution in [0.1, 0.15) is 86.5 Å². The maximum Gasteiger partial charge on any atom is 0.0285 e. The van der Waals surface area contributed by atoms with E-state index < -0.39 is 0 Å². The van der Waals surface area contributed by atoms with Gasteiger partial charge in [-0.05, 0) is 53.4 Å². The monoisotopic (exact) mass is 297 g/mol. The van der Waals surface area contributed by atoms with Gasteiger partial charge in [0, 0.05) is 30.2 Å². The van der Waals surface area contributed by atoms with Crippen molar-refractivity contribution in [2.45, 2.75) is 104 Å². The van der Waals surface area contributed by atoms with Gasteiger partial charge in [0.1, 0.15) is 0 Å². The molecule has 3 nitrogen and oxygen atoms in total. The number of hydrogen-bond acceptors (Lipinski definition) is 3. The Morgan fingerprint density at radius 2 is 1.62 bits per heavy atom. The lowest BCUT2D eigenvalue weighted by atomic mass is 9.77. The van der Waals surface area contributed by atoms with Crippen molar-refractivity contribution < 1.29 is 0 Å². The molecule has 0 spiro atoms. The molecule has 0 aromatic rings. The van der Waals surface area contributed by atoms with Crippen LogP contribution < -0.4 is 5.84 Å². The Morgan fingerprint density at radius 1 is 1.05 bits per heavy atom. The lowest BCUT2D eigenvalue weighted by Gasteiger charge is -2.57. The summed E-state index contributed by atoms with van der Waals surface area (Å²) >= 11 is 0. The highest BCUT2D eigenvalue weighted by Crippen LogP contribution is 2.40. The van der Waals surface area contributed by atoms with Crippen molar-refractivity contribution in [3.05, 3.63) is 0 Å². The molecule has 2 N–H and O–H groups in total. The van der Waals surface area contributed by atoms with Gasteiger partial charge in [-0.25, -0.2) is 5.01 Å². The van der Waals surface area contributed by atoms with E-state index in [0.717, 1.165) is 13.1 Å². The number of unbranched alkanes of at least 4 members (excludes halogenated alkanes) is 2. The van der Waals surface area contributed by atoms with Gasteiger partial charge in [0.2, 0.25) is 0 Å². The van der Waals surface area contributed by atoms with Gasteiger partial charge in [-0.15, -0.1) is 0 Å². The van der Waals surface area contributed by atoms with Crippen molar-refractivity contribution in [3.63, 3.8) is 0 Å². The summed E-state index contributed by atoms with van der Waals surface area (Å²) in [4.78, 5) is 2.80. The molecular formula is C18H39N3. The van der Waals surface area contributed by atoms with Crippen molar-refractivity contribution >= 4 is 0 Å². The summed E-state index contributed by atoms with van der Waals surface area (Å²) in [7, 11) is 0. The smallest absolute Gasteiger partial charge is 0.0285 e. The Kier molecular flexibility index (Phi) is 7.15. The van der Waals surface area contributed by atoms with Gasteiger partial charge in [-0.1, -0.05) is 33.1 Å². The van der Waals surface area contributed by atoms with Crippen LogP contribution in [0.3, 0.4) is 0 Å². The summed E-state index contributed by atoms with van der Waals surface area (Å²) in [6.07, 6.45) is 9.17. The first kappa shape index (κ1) is 18.9. The number of hydrogen-bond donors (Lipinski definition) is 1. The molecule has 3 heteroatoms. The first-order valence-corrected chi connectivity index (χ1v) is 9.03. The topological polar surface area (TPSA) is 32.5 Å². The highest BCUT2D eigenvalue weighted by atomic mass is 15.4. The molecule has 1 fully saturated rings. The second kappa shape index (κ2) is 7.94. The van der Waals surface area contributed by atoms with Gasteiger partial charge >= 0.3 is 0 Å². The Bertz CT molecular complexity index is 283. The number of piperidine rings is 1. The minimum Gasteiger partial charge on any atom is -0.289 e. The second-order valence-electron chi connectivity index (χ2n) is 8.09. The summed E-state index contributed by atoms with van der Waals surface area (Å²) in [6.45, 7) is 16.1. The lowest BCUT2D eigenvalue weighted by Crippen LogP contribution is -2.64. The van der Waals surface area contributed by atoms with E-state index in [0.29, 0.717) is 6.04 Å². The molecule has 1 aliphatic rings. The molecule has 1 aliphatic heterocycles.